The quantitative estimate of drug-likeness (QED) is 0.645. The standard InChI is InChI=1S/C21H35N5O3S/c1-3-24(4-2)21(27)18-23-11-8-12-25(16-15-23)20-10-9-19(17-22-20)30(28,29)26-13-6-5-7-14-26/h9-10,17H,3-8,11-16,18H2,1-2H3. The van der Waals surface area contributed by atoms with E-state index < -0.39 is 10.0 Å². The summed E-state index contributed by atoms with van der Waals surface area (Å²) in [5.41, 5.74) is 0. The van der Waals surface area contributed by atoms with Gasteiger partial charge in [0.15, 0.2) is 0 Å². The van der Waals surface area contributed by atoms with Crippen molar-refractivity contribution in [2.75, 3.05) is 63.8 Å². The van der Waals surface area contributed by atoms with Crippen LogP contribution < -0.4 is 4.90 Å². The largest absolute Gasteiger partial charge is 0.355 e. The van der Waals surface area contributed by atoms with E-state index in [2.05, 4.69) is 14.8 Å². The van der Waals surface area contributed by atoms with Crippen LogP contribution in [0.3, 0.4) is 0 Å². The first-order chi connectivity index (χ1) is 14.5. The van der Waals surface area contributed by atoms with Crippen molar-refractivity contribution in [3.63, 3.8) is 0 Å². The van der Waals surface area contributed by atoms with Crippen molar-refractivity contribution in [2.24, 2.45) is 0 Å². The van der Waals surface area contributed by atoms with Crippen LogP contribution in [0.25, 0.3) is 0 Å². The van der Waals surface area contributed by atoms with Gasteiger partial charge in [0.1, 0.15) is 10.7 Å². The van der Waals surface area contributed by atoms with Gasteiger partial charge >= 0.3 is 0 Å². The van der Waals surface area contributed by atoms with Gasteiger partial charge in [-0.1, -0.05) is 6.42 Å². The molecule has 0 N–H and O–H groups in total. The number of rotatable bonds is 7. The van der Waals surface area contributed by atoms with E-state index in [1.54, 1.807) is 10.4 Å². The molecule has 2 aliphatic rings. The highest BCUT2D eigenvalue weighted by Gasteiger charge is 2.26. The van der Waals surface area contributed by atoms with E-state index in [0.717, 1.165) is 70.8 Å². The van der Waals surface area contributed by atoms with Crippen molar-refractivity contribution >= 4 is 21.7 Å². The van der Waals surface area contributed by atoms with Crippen LogP contribution in [0.15, 0.2) is 23.2 Å². The van der Waals surface area contributed by atoms with E-state index in [-0.39, 0.29) is 10.8 Å². The van der Waals surface area contributed by atoms with E-state index >= 15 is 0 Å². The Labute approximate surface area is 180 Å². The number of hydrogen-bond acceptors (Lipinski definition) is 6. The maximum atomic E-state index is 12.8. The molecule has 0 radical (unpaired) electrons. The highest BCUT2D eigenvalue weighted by molar-refractivity contribution is 7.89. The zero-order chi connectivity index (χ0) is 21.6. The van der Waals surface area contributed by atoms with Crippen molar-refractivity contribution in [2.45, 2.75) is 44.4 Å². The number of piperidine rings is 1. The van der Waals surface area contributed by atoms with Crippen molar-refractivity contribution in [1.82, 2.24) is 19.1 Å². The molecular formula is C21H35N5O3S. The average Bonchev–Trinajstić information content (AvgIpc) is 3.01. The minimum atomic E-state index is -3.45. The smallest absolute Gasteiger partial charge is 0.244 e. The SMILES string of the molecule is CCN(CC)C(=O)CN1CCCN(c2ccc(S(=O)(=O)N3CCCCC3)cn2)CC1. The number of hydrogen-bond donors (Lipinski definition) is 0. The second-order valence-corrected chi connectivity index (χ2v) is 9.94. The first-order valence-electron chi connectivity index (χ1n) is 11.2. The molecule has 2 saturated heterocycles. The summed E-state index contributed by atoms with van der Waals surface area (Å²) in [6.07, 6.45) is 5.38. The van der Waals surface area contributed by atoms with Crippen molar-refractivity contribution in [1.29, 1.82) is 0 Å². The predicted octanol–water partition coefficient (Wildman–Crippen LogP) is 1.64. The lowest BCUT2D eigenvalue weighted by Gasteiger charge is -2.26. The van der Waals surface area contributed by atoms with Crippen LogP contribution in [0, 0.1) is 0 Å². The molecule has 0 bridgehead atoms. The van der Waals surface area contributed by atoms with Gasteiger partial charge in [0.05, 0.1) is 6.54 Å². The second-order valence-electron chi connectivity index (χ2n) is 8.00. The molecule has 168 valence electrons. The molecule has 0 aromatic carbocycles. The molecule has 0 atom stereocenters. The number of aromatic nitrogens is 1. The van der Waals surface area contributed by atoms with Gasteiger partial charge in [-0.25, -0.2) is 13.4 Å². The fourth-order valence-corrected chi connectivity index (χ4v) is 5.66. The van der Waals surface area contributed by atoms with Crippen LogP contribution in [0.4, 0.5) is 5.82 Å². The van der Waals surface area contributed by atoms with Crippen LogP contribution >= 0.6 is 0 Å². The number of amides is 1. The Balaban J connectivity index is 1.60. The monoisotopic (exact) mass is 437 g/mol. The van der Waals surface area contributed by atoms with Gasteiger partial charge in [0.25, 0.3) is 0 Å². The summed E-state index contributed by atoms with van der Waals surface area (Å²) in [6, 6.07) is 3.49. The van der Waals surface area contributed by atoms with Crippen molar-refractivity contribution < 1.29 is 13.2 Å². The third kappa shape index (κ3) is 5.50. The summed E-state index contributed by atoms with van der Waals surface area (Å²) in [7, 11) is -3.45. The van der Waals surface area contributed by atoms with Crippen molar-refractivity contribution in [3.05, 3.63) is 18.3 Å². The third-order valence-electron chi connectivity index (χ3n) is 6.06. The first-order valence-corrected chi connectivity index (χ1v) is 12.6. The molecule has 2 aliphatic heterocycles. The lowest BCUT2D eigenvalue weighted by Crippen LogP contribution is -2.41. The summed E-state index contributed by atoms with van der Waals surface area (Å²) in [6.45, 7) is 10.4. The highest BCUT2D eigenvalue weighted by Crippen LogP contribution is 2.22. The Kier molecular flexibility index (Phi) is 8.07. The summed E-state index contributed by atoms with van der Waals surface area (Å²) in [5.74, 6) is 0.975. The lowest BCUT2D eigenvalue weighted by molar-refractivity contribution is -0.132. The number of carbonyl (C=O) groups excluding carboxylic acids is 1. The Morgan fingerprint density at radius 2 is 1.70 bits per heavy atom. The van der Waals surface area contributed by atoms with E-state index in [9.17, 15) is 13.2 Å². The van der Waals surface area contributed by atoms with Crippen molar-refractivity contribution in [3.8, 4) is 0 Å². The molecule has 30 heavy (non-hydrogen) atoms. The molecule has 0 spiro atoms. The molecule has 1 amide bonds. The fraction of sp³-hybridized carbons (Fsp3) is 0.714. The maximum Gasteiger partial charge on any atom is 0.244 e. The Hall–Kier alpha value is -1.71. The molecule has 3 heterocycles. The van der Waals surface area contributed by atoms with E-state index in [4.69, 9.17) is 0 Å². The molecule has 1 aromatic rings. The fourth-order valence-electron chi connectivity index (χ4n) is 4.19. The number of sulfonamides is 1. The number of anilines is 1. The van der Waals surface area contributed by atoms with E-state index in [0.29, 0.717) is 19.6 Å². The molecule has 0 saturated carbocycles. The first kappa shape index (κ1) is 23.0. The summed E-state index contributed by atoms with van der Waals surface area (Å²) < 4.78 is 27.2. The van der Waals surface area contributed by atoms with Crippen LogP contribution in [-0.4, -0.2) is 92.3 Å². The Bertz CT molecular complexity index is 789. The molecular weight excluding hydrogens is 402 g/mol. The normalized spacial score (nSPS) is 19.5. The second kappa shape index (κ2) is 10.5. The number of carbonyl (C=O) groups is 1. The van der Waals surface area contributed by atoms with E-state index in [1.165, 1.54) is 6.20 Å². The zero-order valence-electron chi connectivity index (χ0n) is 18.3. The maximum absolute atomic E-state index is 12.8. The molecule has 0 aliphatic carbocycles. The van der Waals surface area contributed by atoms with Gasteiger partial charge in [0.2, 0.25) is 15.9 Å². The Morgan fingerprint density at radius 1 is 0.967 bits per heavy atom. The van der Waals surface area contributed by atoms with Crippen LogP contribution in [0.2, 0.25) is 0 Å². The van der Waals surface area contributed by atoms with Crippen LogP contribution in [-0.2, 0) is 14.8 Å². The molecule has 0 unspecified atom stereocenters. The summed E-state index contributed by atoms with van der Waals surface area (Å²) in [5, 5.41) is 0. The Morgan fingerprint density at radius 3 is 2.33 bits per heavy atom. The van der Waals surface area contributed by atoms with E-state index in [1.807, 2.05) is 24.8 Å². The minimum absolute atomic E-state index is 0.179. The van der Waals surface area contributed by atoms with Gasteiger partial charge in [-0.2, -0.15) is 4.31 Å². The lowest BCUT2D eigenvalue weighted by atomic mass is 10.2. The minimum Gasteiger partial charge on any atom is -0.355 e. The van der Waals surface area contributed by atoms with Gasteiger partial charge in [-0.15, -0.1) is 0 Å². The molecule has 1 aromatic heterocycles. The van der Waals surface area contributed by atoms with Crippen LogP contribution in [0.5, 0.6) is 0 Å². The van der Waals surface area contributed by atoms with Gasteiger partial charge < -0.3 is 9.80 Å². The number of nitrogens with zero attached hydrogens (tertiary/aromatic N) is 5. The third-order valence-corrected chi connectivity index (χ3v) is 7.94. The average molecular weight is 438 g/mol. The zero-order valence-corrected chi connectivity index (χ0v) is 19.1. The summed E-state index contributed by atoms with van der Waals surface area (Å²) >= 11 is 0. The molecule has 8 nitrogen and oxygen atoms in total. The van der Waals surface area contributed by atoms with Gasteiger partial charge in [-0.05, 0) is 45.2 Å². The predicted molar refractivity (Wildman–Crippen MR) is 118 cm³/mol. The highest BCUT2D eigenvalue weighted by atomic mass is 32.2. The molecule has 3 rings (SSSR count). The van der Waals surface area contributed by atoms with Gasteiger partial charge in [0, 0.05) is 58.6 Å². The number of pyridine rings is 1. The summed E-state index contributed by atoms with van der Waals surface area (Å²) in [4.78, 5) is 23.4. The molecule has 9 heteroatoms. The van der Waals surface area contributed by atoms with Gasteiger partial charge in [-0.3, -0.25) is 9.69 Å². The topological polar surface area (TPSA) is 77.1 Å². The number of likely N-dealkylation sites (N-methyl/N-ethyl adjacent to an activating group) is 1. The van der Waals surface area contributed by atoms with Crippen LogP contribution in [0.1, 0.15) is 39.5 Å². The molecule has 2 fully saturated rings.